The van der Waals surface area contributed by atoms with Gasteiger partial charge >= 0.3 is 0 Å². The molecule has 3 aromatic carbocycles. The Kier molecular flexibility index (Phi) is 6.84. The van der Waals surface area contributed by atoms with Crippen LogP contribution in [0.1, 0.15) is 30.0 Å². The molecule has 2 aliphatic rings. The monoisotopic (exact) mass is 524 g/mol. The predicted molar refractivity (Wildman–Crippen MR) is 137 cm³/mol. The van der Waals surface area contributed by atoms with Crippen LogP contribution in [0.4, 0.5) is 14.5 Å². The molecule has 2 amide bonds. The van der Waals surface area contributed by atoms with Crippen LogP contribution in [0, 0.1) is 11.6 Å². The Hall–Kier alpha value is -3.56. The number of benzene rings is 3. The summed E-state index contributed by atoms with van der Waals surface area (Å²) in [4.78, 5) is 29.4. The number of carbonyl (C=O) groups is 2. The molecule has 0 saturated carbocycles. The van der Waals surface area contributed by atoms with Gasteiger partial charge in [-0.25, -0.2) is 13.8 Å². The van der Waals surface area contributed by atoms with Gasteiger partial charge in [0.2, 0.25) is 5.91 Å². The minimum Gasteiger partial charge on any atom is -0.326 e. The van der Waals surface area contributed by atoms with Crippen molar-refractivity contribution in [3.05, 3.63) is 101 Å². The van der Waals surface area contributed by atoms with Gasteiger partial charge in [0.1, 0.15) is 16.9 Å². The topological polar surface area (TPSA) is 74.1 Å². The van der Waals surface area contributed by atoms with E-state index in [1.165, 1.54) is 36.4 Å². The third kappa shape index (κ3) is 5.32. The maximum Gasteiger partial charge on any atom is 0.262 e. The zero-order chi connectivity index (χ0) is 25.2. The first-order chi connectivity index (χ1) is 17.4. The third-order valence-corrected chi connectivity index (χ3v) is 7.16. The summed E-state index contributed by atoms with van der Waals surface area (Å²) < 4.78 is 26.7. The van der Waals surface area contributed by atoms with Crippen molar-refractivity contribution in [1.29, 1.82) is 0 Å². The molecule has 2 heterocycles. The summed E-state index contributed by atoms with van der Waals surface area (Å²) >= 11 is 7.19. The number of amidine groups is 1. The molecule has 0 fully saturated rings. The molecule has 0 radical (unpaired) electrons. The van der Waals surface area contributed by atoms with Crippen molar-refractivity contribution >= 4 is 51.7 Å². The maximum absolute atomic E-state index is 13.6. The fourth-order valence-corrected chi connectivity index (χ4v) is 5.15. The van der Waals surface area contributed by atoms with Gasteiger partial charge < -0.3 is 5.32 Å². The smallest absolute Gasteiger partial charge is 0.262 e. The van der Waals surface area contributed by atoms with E-state index in [1.807, 2.05) is 12.1 Å². The minimum atomic E-state index is -0.718. The summed E-state index contributed by atoms with van der Waals surface area (Å²) in [6, 6.07) is 18.5. The standard InChI is InChI=1S/C26H19ClF2N4O2S/c27-17-5-1-15(2-6-17)21-13-22(16-3-7-18(28)8-4-16)33(32-21)26-31-25(35)23(36-26)14-24(34)30-20-11-9-19(29)10-12-20/h1-12,22-23H,13-14H2,(H,30,34)/t22-,23-/m0/s1. The predicted octanol–water partition coefficient (Wildman–Crippen LogP) is 5.80. The molecule has 0 aliphatic carbocycles. The summed E-state index contributed by atoms with van der Waals surface area (Å²) in [7, 11) is 0. The van der Waals surface area contributed by atoms with Crippen molar-refractivity contribution < 1.29 is 18.4 Å². The molecule has 0 spiro atoms. The third-order valence-electron chi connectivity index (χ3n) is 5.77. The quantitative estimate of drug-likeness (QED) is 0.458. The Bertz CT molecular complexity index is 1360. The molecule has 2 aliphatic heterocycles. The van der Waals surface area contributed by atoms with Gasteiger partial charge in [-0.3, -0.25) is 9.59 Å². The summed E-state index contributed by atoms with van der Waals surface area (Å²) in [5, 5.41) is 9.33. The van der Waals surface area contributed by atoms with E-state index in [4.69, 9.17) is 16.7 Å². The zero-order valence-electron chi connectivity index (χ0n) is 18.7. The Morgan fingerprint density at radius 3 is 2.31 bits per heavy atom. The second kappa shape index (κ2) is 10.2. The molecule has 0 aromatic heterocycles. The molecule has 2 atom stereocenters. The fourth-order valence-electron chi connectivity index (χ4n) is 3.97. The first-order valence-electron chi connectivity index (χ1n) is 11.1. The molecule has 36 heavy (non-hydrogen) atoms. The number of rotatable bonds is 5. The molecule has 6 nitrogen and oxygen atoms in total. The summed E-state index contributed by atoms with van der Waals surface area (Å²) in [5.74, 6) is -1.58. The van der Waals surface area contributed by atoms with Crippen molar-refractivity contribution in [2.75, 3.05) is 5.32 Å². The second-order valence-electron chi connectivity index (χ2n) is 8.27. The number of nitrogens with one attached hydrogen (secondary N) is 1. The number of hydrogen-bond donors (Lipinski definition) is 1. The van der Waals surface area contributed by atoms with Crippen molar-refractivity contribution in [2.24, 2.45) is 10.1 Å². The lowest BCUT2D eigenvalue weighted by Gasteiger charge is -2.23. The lowest BCUT2D eigenvalue weighted by atomic mass is 9.98. The Labute approximate surface area is 215 Å². The largest absolute Gasteiger partial charge is 0.326 e. The van der Waals surface area contributed by atoms with E-state index in [-0.39, 0.29) is 24.2 Å². The highest BCUT2D eigenvalue weighted by molar-refractivity contribution is 8.15. The number of hydrogen-bond acceptors (Lipinski definition) is 5. The highest BCUT2D eigenvalue weighted by Gasteiger charge is 2.39. The van der Waals surface area contributed by atoms with Crippen LogP contribution in [0.2, 0.25) is 5.02 Å². The lowest BCUT2D eigenvalue weighted by molar-refractivity contribution is -0.121. The van der Waals surface area contributed by atoms with Gasteiger partial charge in [-0.1, -0.05) is 47.6 Å². The molecule has 10 heteroatoms. The SMILES string of the molecule is O=C(C[C@@H]1SC(N2N=C(c3ccc(Cl)cc3)C[C@H]2c2ccc(F)cc2)=NC1=O)Nc1ccc(F)cc1. The Balaban J connectivity index is 1.35. The first-order valence-corrected chi connectivity index (χ1v) is 12.3. The van der Waals surface area contributed by atoms with Gasteiger partial charge in [-0.2, -0.15) is 10.1 Å². The number of halogens is 3. The first kappa shape index (κ1) is 24.1. The number of hydrazone groups is 1. The van der Waals surface area contributed by atoms with E-state index < -0.39 is 17.0 Å². The van der Waals surface area contributed by atoms with E-state index in [0.717, 1.165) is 28.6 Å². The summed E-state index contributed by atoms with van der Waals surface area (Å²) in [6.45, 7) is 0. The molecule has 0 bridgehead atoms. The van der Waals surface area contributed by atoms with Gasteiger partial charge in [0.05, 0.1) is 11.8 Å². The van der Waals surface area contributed by atoms with Crippen LogP contribution in [-0.4, -0.2) is 33.0 Å². The van der Waals surface area contributed by atoms with E-state index in [9.17, 15) is 18.4 Å². The number of nitrogens with zero attached hydrogens (tertiary/aromatic N) is 3. The van der Waals surface area contributed by atoms with Crippen LogP contribution >= 0.6 is 23.4 Å². The molecular formula is C26H19ClF2N4O2S. The molecule has 1 N–H and O–H groups in total. The van der Waals surface area contributed by atoms with Gasteiger partial charge in [-0.15, -0.1) is 0 Å². The van der Waals surface area contributed by atoms with Crippen LogP contribution in [0.3, 0.4) is 0 Å². The van der Waals surface area contributed by atoms with Crippen LogP contribution in [0.5, 0.6) is 0 Å². The van der Waals surface area contributed by atoms with Crippen molar-refractivity contribution in [2.45, 2.75) is 24.1 Å². The molecule has 182 valence electrons. The molecule has 0 unspecified atom stereocenters. The van der Waals surface area contributed by atoms with E-state index in [2.05, 4.69) is 10.3 Å². The Morgan fingerprint density at radius 2 is 1.64 bits per heavy atom. The van der Waals surface area contributed by atoms with Crippen LogP contribution < -0.4 is 5.32 Å². The highest BCUT2D eigenvalue weighted by Crippen LogP contribution is 2.38. The van der Waals surface area contributed by atoms with Crippen molar-refractivity contribution in [3.8, 4) is 0 Å². The van der Waals surface area contributed by atoms with Gasteiger partial charge in [-0.05, 0) is 59.7 Å². The number of amides is 2. The van der Waals surface area contributed by atoms with Crippen molar-refractivity contribution in [1.82, 2.24) is 5.01 Å². The van der Waals surface area contributed by atoms with Crippen LogP contribution in [0.15, 0.2) is 82.9 Å². The molecule has 5 rings (SSSR count). The normalized spacial score (nSPS) is 19.3. The lowest BCUT2D eigenvalue weighted by Crippen LogP contribution is -2.25. The van der Waals surface area contributed by atoms with Crippen LogP contribution in [0.25, 0.3) is 0 Å². The van der Waals surface area contributed by atoms with Crippen molar-refractivity contribution in [3.63, 3.8) is 0 Å². The summed E-state index contributed by atoms with van der Waals surface area (Å²) in [6.07, 6.45) is 0.410. The average Bonchev–Trinajstić information content (AvgIpc) is 3.45. The number of carbonyl (C=O) groups excluding carboxylic acids is 2. The number of thioether (sulfide) groups is 1. The van der Waals surface area contributed by atoms with E-state index in [1.54, 1.807) is 29.3 Å². The van der Waals surface area contributed by atoms with Crippen LogP contribution in [-0.2, 0) is 9.59 Å². The van der Waals surface area contributed by atoms with Gasteiger partial charge in [0.25, 0.3) is 5.91 Å². The summed E-state index contributed by atoms with van der Waals surface area (Å²) in [5.41, 5.74) is 2.90. The average molecular weight is 525 g/mol. The molecule has 0 saturated heterocycles. The highest BCUT2D eigenvalue weighted by atomic mass is 35.5. The van der Waals surface area contributed by atoms with Gasteiger partial charge in [0.15, 0.2) is 5.17 Å². The maximum atomic E-state index is 13.6. The number of anilines is 1. The number of aliphatic imine (C=N–C) groups is 1. The van der Waals surface area contributed by atoms with E-state index in [0.29, 0.717) is 22.3 Å². The molecular weight excluding hydrogens is 506 g/mol. The van der Waals surface area contributed by atoms with E-state index >= 15 is 0 Å². The molecule has 3 aromatic rings. The Morgan fingerprint density at radius 1 is 1.00 bits per heavy atom. The zero-order valence-corrected chi connectivity index (χ0v) is 20.3. The fraction of sp³-hybridized carbons (Fsp3) is 0.154. The van der Waals surface area contributed by atoms with Gasteiger partial charge in [0, 0.05) is 23.6 Å². The second-order valence-corrected chi connectivity index (χ2v) is 9.87. The minimum absolute atomic E-state index is 0.101.